The molecule has 0 bridgehead atoms. The molecule has 0 saturated heterocycles. The van der Waals surface area contributed by atoms with E-state index >= 15 is 0 Å². The van der Waals surface area contributed by atoms with E-state index in [1.165, 1.54) is 24.3 Å². The Morgan fingerprint density at radius 1 is 0.319 bits per heavy atom. The average molecular weight is 943 g/mol. The van der Waals surface area contributed by atoms with Gasteiger partial charge in [0.15, 0.2) is 11.4 Å². The van der Waals surface area contributed by atoms with Crippen molar-refractivity contribution in [2.24, 2.45) is 0 Å². The van der Waals surface area contributed by atoms with Crippen LogP contribution in [-0.4, -0.2) is 0 Å². The van der Waals surface area contributed by atoms with Gasteiger partial charge in [0, 0.05) is 27.8 Å². The number of alkyl halides is 6. The van der Waals surface area contributed by atoms with Gasteiger partial charge < -0.3 is 0 Å². The van der Waals surface area contributed by atoms with Crippen LogP contribution < -0.4 is 0 Å². The van der Waals surface area contributed by atoms with Crippen LogP contribution >= 0.6 is 0 Å². The maximum absolute atomic E-state index is 14.7. The molecule has 0 N–H and O–H groups in total. The van der Waals surface area contributed by atoms with Gasteiger partial charge in [0.1, 0.15) is 18.2 Å². The Morgan fingerprint density at radius 3 is 0.944 bits per heavy atom. The van der Waals surface area contributed by atoms with Crippen LogP contribution in [0.25, 0.3) is 83.6 Å². The molecule has 0 saturated carbocycles. The van der Waals surface area contributed by atoms with Gasteiger partial charge in [-0.25, -0.2) is 50.1 Å². The minimum absolute atomic E-state index is 0.224. The molecule has 72 heavy (non-hydrogen) atoms. The van der Waals surface area contributed by atoms with Crippen LogP contribution in [0.3, 0.4) is 0 Å². The molecule has 0 unspecified atom stereocenters. The van der Waals surface area contributed by atoms with Gasteiger partial charge in [-0.1, -0.05) is 0 Å². The standard InChI is InChI=1S/C24F6N8.C24N10/c1-35-11(7-33)13-9(5-31)10(6-32)14-16(13)20(24(28,29)30)17-15(12(8-34)36-2)21(37-3)22(38-4)18(17)19(14)23(25,26)27;1-31-15(9-29)18-12(6-26)11(5-25)17-13(7-27)21-20(14(8-28)19(17)18)22(16(10-30)32-2)24(34-4)23(21)33-3/b13-11-,15-12-;18-15-,22-16-. The summed E-state index contributed by atoms with van der Waals surface area (Å²) in [7, 11) is 0. The van der Waals surface area contributed by atoms with E-state index in [-0.39, 0.29) is 50.1 Å². The second-order valence-corrected chi connectivity index (χ2v) is 13.3. The van der Waals surface area contributed by atoms with Crippen LogP contribution in [-0.2, 0) is 12.4 Å². The fraction of sp³-hybridized carbons (Fsp3) is 0.0417. The smallest absolute Gasteiger partial charge is 0.251 e. The van der Waals surface area contributed by atoms with Crippen molar-refractivity contribution in [3.63, 3.8) is 0 Å². The maximum atomic E-state index is 14.7. The lowest BCUT2D eigenvalue weighted by Crippen LogP contribution is -2.20. The minimum atomic E-state index is -5.67. The molecule has 0 radical (unpaired) electrons. The van der Waals surface area contributed by atoms with Crippen molar-refractivity contribution in [2.45, 2.75) is 12.4 Å². The summed E-state index contributed by atoms with van der Waals surface area (Å²) in [6.45, 7) is 58.7. The van der Waals surface area contributed by atoms with Gasteiger partial charge >= 0.3 is 12.4 Å². The van der Waals surface area contributed by atoms with Gasteiger partial charge in [0.2, 0.25) is 11.4 Å². The fourth-order valence-corrected chi connectivity index (χ4v) is 8.09. The van der Waals surface area contributed by atoms with Gasteiger partial charge in [-0.3, -0.25) is 9.69 Å². The lowest BCUT2D eigenvalue weighted by Gasteiger charge is -2.25. The molecule has 324 valence electrons. The van der Waals surface area contributed by atoms with Gasteiger partial charge in [-0.2, -0.15) is 57.9 Å². The van der Waals surface area contributed by atoms with E-state index in [1.807, 2.05) is 12.1 Å². The Labute approximate surface area is 399 Å². The molecule has 0 spiro atoms. The van der Waals surface area contributed by atoms with Gasteiger partial charge in [0.25, 0.3) is 22.8 Å². The molecule has 0 fully saturated rings. The number of rotatable bonds is 0. The third kappa shape index (κ3) is 6.66. The van der Waals surface area contributed by atoms with Crippen molar-refractivity contribution in [1.29, 1.82) is 52.6 Å². The van der Waals surface area contributed by atoms with Crippen LogP contribution in [0.4, 0.5) is 26.3 Å². The molecule has 0 atom stereocenters. The van der Waals surface area contributed by atoms with E-state index in [0.717, 1.165) is 0 Å². The van der Waals surface area contributed by atoms with E-state index in [4.69, 9.17) is 52.6 Å². The Kier molecular flexibility index (Phi) is 12.7. The summed E-state index contributed by atoms with van der Waals surface area (Å²) < 4.78 is 88.0. The molecule has 18 nitrogen and oxygen atoms in total. The number of hydrogen-bond donors (Lipinski definition) is 0. The summed E-state index contributed by atoms with van der Waals surface area (Å²) in [5.41, 5.74) is -25.0. The molecule has 24 heteroatoms. The zero-order valence-corrected chi connectivity index (χ0v) is 34.3. The van der Waals surface area contributed by atoms with E-state index in [0.29, 0.717) is 0 Å². The second kappa shape index (κ2) is 18.3. The number of nitrogens with zero attached hydrogens (tertiary/aromatic N) is 18. The van der Waals surface area contributed by atoms with Gasteiger partial charge in [-0.15, -0.1) is 0 Å². The van der Waals surface area contributed by atoms with E-state index in [2.05, 4.69) is 38.8 Å². The SMILES string of the molecule is [C-]#[N+]C1=C([N+]#[C-])c2c(C#N)c3c(c(C#N)c2/C1=C(\C#N)[N+]#[C-])/C(=C(/C#N)[N+]#[C-])C(C#N)=C3C#N.[C-]#[N+]C1=C([N+]#[C-])c2c(c(C(F)(F)F)c3c(c2C(F)(F)F)C(C#N)=C(C#N)/C3=C(\C#N)[N+]#[C-])/C1=C(\C#N)[N+]#[C-]. The average Bonchev–Trinajstić information content (AvgIpc) is 4.08. The highest BCUT2D eigenvalue weighted by atomic mass is 19.4. The zero-order valence-electron chi connectivity index (χ0n) is 34.3. The summed E-state index contributed by atoms with van der Waals surface area (Å²) in [4.78, 5) is 23.8. The number of benzene rings is 2. The first-order chi connectivity index (χ1) is 34.3. The summed E-state index contributed by atoms with van der Waals surface area (Å²) in [5.74, 6) is 0. The molecule has 0 aromatic heterocycles. The summed E-state index contributed by atoms with van der Waals surface area (Å²) in [6, 6.07) is 15.4. The third-order valence-electron chi connectivity index (χ3n) is 10.4. The van der Waals surface area contributed by atoms with Crippen molar-refractivity contribution in [2.75, 3.05) is 0 Å². The van der Waals surface area contributed by atoms with Crippen molar-refractivity contribution in [1.82, 2.24) is 0 Å². The van der Waals surface area contributed by atoms with Gasteiger partial charge in [-0.05, 0) is 39.0 Å². The molecular formula is C48F6N18. The van der Waals surface area contributed by atoms with Crippen molar-refractivity contribution >= 4 is 44.8 Å². The van der Waals surface area contributed by atoms with Crippen molar-refractivity contribution in [3.05, 3.63) is 203 Å². The van der Waals surface area contributed by atoms with Gasteiger partial charge in [0.05, 0.1) is 140 Å². The predicted octanol–water partition coefficient (Wildman–Crippen LogP) is 10.4. The largest absolute Gasteiger partial charge is 0.417 e. The number of hydrogen-bond acceptors (Lipinski definition) is 10. The molecular weight excluding hydrogens is 943 g/mol. The number of halogens is 6. The molecule has 2 aromatic carbocycles. The number of allylic oxidation sites excluding steroid dienone is 12. The molecule has 4 aliphatic rings. The molecule has 2 aromatic rings. The van der Waals surface area contributed by atoms with Crippen LogP contribution in [0.1, 0.15) is 66.8 Å². The lowest BCUT2D eigenvalue weighted by molar-refractivity contribution is -0.141. The maximum Gasteiger partial charge on any atom is 0.417 e. The van der Waals surface area contributed by atoms with Crippen molar-refractivity contribution < 1.29 is 26.3 Å². The van der Waals surface area contributed by atoms with Crippen LogP contribution in [0.15, 0.2) is 45.3 Å². The first-order valence-electron chi connectivity index (χ1n) is 17.9. The number of nitriles is 10. The molecule has 0 aliphatic heterocycles. The fourth-order valence-electron chi connectivity index (χ4n) is 8.09. The van der Waals surface area contributed by atoms with E-state index < -0.39 is 119 Å². The Balaban J connectivity index is 0.000000269. The quantitative estimate of drug-likeness (QED) is 0.137. The summed E-state index contributed by atoms with van der Waals surface area (Å²) in [6.07, 6.45) is -11.3. The molecule has 0 amide bonds. The first-order valence-corrected chi connectivity index (χ1v) is 17.9. The monoisotopic (exact) mass is 942 g/mol. The zero-order chi connectivity index (χ0) is 53.9. The second-order valence-electron chi connectivity index (χ2n) is 13.3. The van der Waals surface area contributed by atoms with Crippen LogP contribution in [0.5, 0.6) is 0 Å². The van der Waals surface area contributed by atoms with Crippen LogP contribution in [0, 0.1) is 166 Å². The predicted molar refractivity (Wildman–Crippen MR) is 225 cm³/mol. The van der Waals surface area contributed by atoms with Crippen molar-refractivity contribution in [3.8, 4) is 60.7 Å². The third-order valence-corrected chi connectivity index (χ3v) is 10.4. The lowest BCUT2D eigenvalue weighted by atomic mass is 9.83. The Hall–Kier alpha value is -13.2. The highest BCUT2D eigenvalue weighted by Gasteiger charge is 2.53. The highest BCUT2D eigenvalue weighted by Crippen LogP contribution is 2.61. The summed E-state index contributed by atoms with van der Waals surface area (Å²) >= 11 is 0. The molecule has 0 heterocycles. The first kappa shape index (κ1) is 49.8. The molecule has 4 aliphatic carbocycles. The van der Waals surface area contributed by atoms with E-state index in [9.17, 15) is 79.0 Å². The minimum Gasteiger partial charge on any atom is -0.251 e. The normalized spacial score (nSPS) is 15.8. The molecule has 6 rings (SSSR count). The number of fused-ring (bicyclic) bond motifs is 4. The topological polar surface area (TPSA) is 273 Å². The van der Waals surface area contributed by atoms with Crippen LogP contribution in [0.2, 0.25) is 0 Å². The Morgan fingerprint density at radius 2 is 0.611 bits per heavy atom. The van der Waals surface area contributed by atoms with E-state index in [1.54, 1.807) is 24.3 Å². The highest BCUT2D eigenvalue weighted by molar-refractivity contribution is 6.18. The summed E-state index contributed by atoms with van der Waals surface area (Å²) in [5, 5.41) is 96.5. The Bertz CT molecular complexity index is 3940.